The van der Waals surface area contributed by atoms with E-state index in [1.807, 2.05) is 0 Å². The molecular weight excluding hydrogens is 235 g/mol. The van der Waals surface area contributed by atoms with E-state index in [0.717, 1.165) is 19.2 Å². The number of hydrogen-bond donors (Lipinski definition) is 1. The summed E-state index contributed by atoms with van der Waals surface area (Å²) in [4.78, 5) is 13.9. The number of nitrogens with zero attached hydrogens (tertiary/aromatic N) is 1. The molecule has 1 aromatic rings. The highest BCUT2D eigenvalue weighted by Gasteiger charge is 2.15. The molecule has 1 aliphatic heterocycles. The zero-order chi connectivity index (χ0) is 13.0. The lowest BCUT2D eigenvalue weighted by Gasteiger charge is -2.14. The molecule has 18 heavy (non-hydrogen) atoms. The fourth-order valence-electron chi connectivity index (χ4n) is 2.05. The zero-order valence-electron chi connectivity index (χ0n) is 10.2. The smallest absolute Gasteiger partial charge is 0.341 e. The van der Waals surface area contributed by atoms with Crippen LogP contribution in [0.15, 0.2) is 18.2 Å². The summed E-state index contributed by atoms with van der Waals surface area (Å²) in [6, 6.07) is 3.96. The minimum absolute atomic E-state index is 0.0642. The van der Waals surface area contributed by atoms with Crippen molar-refractivity contribution < 1.29 is 13.9 Å². The maximum atomic E-state index is 13.4. The van der Waals surface area contributed by atoms with E-state index in [1.165, 1.54) is 25.0 Å². The van der Waals surface area contributed by atoms with Gasteiger partial charge in [-0.1, -0.05) is 0 Å². The maximum Gasteiger partial charge on any atom is 0.341 e. The van der Waals surface area contributed by atoms with Gasteiger partial charge in [0, 0.05) is 12.2 Å². The third-order valence-corrected chi connectivity index (χ3v) is 3.05. The van der Waals surface area contributed by atoms with Gasteiger partial charge in [0.2, 0.25) is 0 Å². The van der Waals surface area contributed by atoms with E-state index in [4.69, 9.17) is 10.5 Å². The molecule has 1 fully saturated rings. The molecule has 0 unspecified atom stereocenters. The molecule has 2 rings (SSSR count). The Balaban J connectivity index is 1.83. The Morgan fingerprint density at radius 3 is 2.78 bits per heavy atom. The Morgan fingerprint density at radius 1 is 1.39 bits per heavy atom. The van der Waals surface area contributed by atoms with E-state index in [-0.39, 0.29) is 5.56 Å². The van der Waals surface area contributed by atoms with E-state index in [2.05, 4.69) is 4.90 Å². The van der Waals surface area contributed by atoms with E-state index in [1.54, 1.807) is 0 Å². The van der Waals surface area contributed by atoms with Crippen LogP contribution in [0.25, 0.3) is 0 Å². The monoisotopic (exact) mass is 252 g/mol. The van der Waals surface area contributed by atoms with E-state index < -0.39 is 11.8 Å². The number of esters is 1. The van der Waals surface area contributed by atoms with Gasteiger partial charge in [0.25, 0.3) is 0 Å². The van der Waals surface area contributed by atoms with Crippen molar-refractivity contribution in [2.75, 3.05) is 32.0 Å². The van der Waals surface area contributed by atoms with Crippen LogP contribution in [0.2, 0.25) is 0 Å². The van der Waals surface area contributed by atoms with E-state index in [0.29, 0.717) is 18.8 Å². The predicted molar refractivity (Wildman–Crippen MR) is 66.8 cm³/mol. The molecule has 1 heterocycles. The third-order valence-electron chi connectivity index (χ3n) is 3.05. The number of halogens is 1. The van der Waals surface area contributed by atoms with Crippen molar-refractivity contribution in [1.29, 1.82) is 0 Å². The second kappa shape index (κ2) is 5.82. The van der Waals surface area contributed by atoms with Gasteiger partial charge in [-0.2, -0.15) is 0 Å². The Kier molecular flexibility index (Phi) is 4.15. The van der Waals surface area contributed by atoms with Crippen LogP contribution < -0.4 is 5.73 Å². The molecule has 0 aromatic heterocycles. The van der Waals surface area contributed by atoms with Crippen LogP contribution in [-0.4, -0.2) is 37.1 Å². The number of ether oxygens (including phenoxy) is 1. The van der Waals surface area contributed by atoms with Gasteiger partial charge >= 0.3 is 5.97 Å². The molecule has 2 N–H and O–H groups in total. The highest BCUT2D eigenvalue weighted by atomic mass is 19.1. The summed E-state index contributed by atoms with van der Waals surface area (Å²) in [5.41, 5.74) is 5.64. The normalized spacial score (nSPS) is 15.8. The average Bonchev–Trinajstić information content (AvgIpc) is 2.81. The van der Waals surface area contributed by atoms with Crippen LogP contribution in [0.5, 0.6) is 0 Å². The number of benzene rings is 1. The Labute approximate surface area is 106 Å². The van der Waals surface area contributed by atoms with Gasteiger partial charge in [0.05, 0.1) is 5.56 Å². The highest BCUT2D eigenvalue weighted by molar-refractivity contribution is 5.90. The second-order valence-electron chi connectivity index (χ2n) is 4.42. The van der Waals surface area contributed by atoms with Gasteiger partial charge in [-0.05, 0) is 44.1 Å². The summed E-state index contributed by atoms with van der Waals surface area (Å²) >= 11 is 0. The van der Waals surface area contributed by atoms with Crippen molar-refractivity contribution in [2.24, 2.45) is 0 Å². The molecule has 0 atom stereocenters. The molecule has 0 bridgehead atoms. The number of carbonyl (C=O) groups is 1. The van der Waals surface area contributed by atoms with Crippen molar-refractivity contribution in [2.45, 2.75) is 12.8 Å². The minimum atomic E-state index is -0.638. The van der Waals surface area contributed by atoms with Gasteiger partial charge < -0.3 is 10.5 Å². The number of rotatable bonds is 4. The van der Waals surface area contributed by atoms with Crippen LogP contribution in [-0.2, 0) is 4.74 Å². The molecule has 0 aliphatic carbocycles. The fourth-order valence-corrected chi connectivity index (χ4v) is 2.05. The zero-order valence-corrected chi connectivity index (χ0v) is 10.2. The molecule has 98 valence electrons. The number of nitrogen functional groups attached to an aromatic ring is 1. The summed E-state index contributed by atoms with van der Waals surface area (Å²) in [7, 11) is 0. The number of carbonyl (C=O) groups excluding carboxylic acids is 1. The van der Waals surface area contributed by atoms with Crippen LogP contribution in [0, 0.1) is 5.82 Å². The summed E-state index contributed by atoms with van der Waals surface area (Å²) in [6.07, 6.45) is 2.39. The molecule has 4 nitrogen and oxygen atoms in total. The first kappa shape index (κ1) is 12.8. The van der Waals surface area contributed by atoms with Crippen LogP contribution >= 0.6 is 0 Å². The molecule has 0 saturated carbocycles. The molecular formula is C13H17FN2O2. The van der Waals surface area contributed by atoms with Gasteiger partial charge in [-0.15, -0.1) is 0 Å². The van der Waals surface area contributed by atoms with Crippen molar-refractivity contribution in [3.8, 4) is 0 Å². The average molecular weight is 252 g/mol. The van der Waals surface area contributed by atoms with Gasteiger partial charge in [-0.3, -0.25) is 4.90 Å². The number of anilines is 1. The minimum Gasteiger partial charge on any atom is -0.461 e. The lowest BCUT2D eigenvalue weighted by molar-refractivity contribution is 0.0467. The lowest BCUT2D eigenvalue weighted by atomic mass is 10.2. The number of hydrogen-bond acceptors (Lipinski definition) is 4. The molecule has 1 aromatic carbocycles. The maximum absolute atomic E-state index is 13.4. The molecule has 0 amide bonds. The van der Waals surface area contributed by atoms with Gasteiger partial charge in [0.1, 0.15) is 12.4 Å². The van der Waals surface area contributed by atoms with Gasteiger partial charge in [0.15, 0.2) is 0 Å². The van der Waals surface area contributed by atoms with Crippen LogP contribution in [0.1, 0.15) is 23.2 Å². The molecule has 0 radical (unpaired) electrons. The first-order valence-electron chi connectivity index (χ1n) is 6.11. The van der Waals surface area contributed by atoms with Crippen molar-refractivity contribution in [1.82, 2.24) is 4.90 Å². The Bertz CT molecular complexity index is 431. The molecule has 0 spiro atoms. The molecule has 5 heteroatoms. The van der Waals surface area contributed by atoms with Crippen molar-refractivity contribution in [3.63, 3.8) is 0 Å². The third kappa shape index (κ3) is 3.20. The van der Waals surface area contributed by atoms with Crippen molar-refractivity contribution in [3.05, 3.63) is 29.6 Å². The van der Waals surface area contributed by atoms with E-state index >= 15 is 0 Å². The Morgan fingerprint density at radius 2 is 2.11 bits per heavy atom. The molecule has 1 aliphatic rings. The van der Waals surface area contributed by atoms with Crippen LogP contribution in [0.3, 0.4) is 0 Å². The first-order valence-corrected chi connectivity index (χ1v) is 6.11. The molecule has 1 saturated heterocycles. The van der Waals surface area contributed by atoms with Gasteiger partial charge in [-0.25, -0.2) is 9.18 Å². The summed E-state index contributed by atoms with van der Waals surface area (Å²) in [5.74, 6) is -1.27. The fraction of sp³-hybridized carbons (Fsp3) is 0.462. The highest BCUT2D eigenvalue weighted by Crippen LogP contribution is 2.13. The number of nitrogens with two attached hydrogens (primary N) is 1. The topological polar surface area (TPSA) is 55.6 Å². The second-order valence-corrected chi connectivity index (χ2v) is 4.42. The SMILES string of the molecule is Nc1ccc(C(=O)OCCN2CCCC2)c(F)c1. The first-order chi connectivity index (χ1) is 8.66. The predicted octanol–water partition coefficient (Wildman–Crippen LogP) is 1.66. The lowest BCUT2D eigenvalue weighted by Crippen LogP contribution is -2.25. The van der Waals surface area contributed by atoms with E-state index in [9.17, 15) is 9.18 Å². The quantitative estimate of drug-likeness (QED) is 0.654. The number of likely N-dealkylation sites (tertiary alicyclic amines) is 1. The Hall–Kier alpha value is -1.62. The summed E-state index contributed by atoms with van der Waals surface area (Å²) in [6.45, 7) is 3.10. The summed E-state index contributed by atoms with van der Waals surface area (Å²) in [5, 5.41) is 0. The summed E-state index contributed by atoms with van der Waals surface area (Å²) < 4.78 is 18.5. The van der Waals surface area contributed by atoms with Crippen LogP contribution in [0.4, 0.5) is 10.1 Å². The van der Waals surface area contributed by atoms with Crippen molar-refractivity contribution >= 4 is 11.7 Å². The standard InChI is InChI=1S/C13H17FN2O2/c14-12-9-10(15)3-4-11(12)13(17)18-8-7-16-5-1-2-6-16/h3-4,9H,1-2,5-8,15H2. The largest absolute Gasteiger partial charge is 0.461 e.